The van der Waals surface area contributed by atoms with Crippen molar-refractivity contribution in [3.05, 3.63) is 51.0 Å². The monoisotopic (exact) mass is 351 g/mol. The molecule has 0 bridgehead atoms. The summed E-state index contributed by atoms with van der Waals surface area (Å²) in [5.41, 5.74) is 1.36. The van der Waals surface area contributed by atoms with Crippen LogP contribution in [0.2, 0.25) is 0 Å². The normalized spacial score (nSPS) is 9.71. The fourth-order valence-electron chi connectivity index (χ4n) is 1.33. The van der Waals surface area contributed by atoms with E-state index in [1.807, 2.05) is 18.2 Å². The fraction of sp³-hybridized carbons (Fsp3) is 0. The summed E-state index contributed by atoms with van der Waals surface area (Å²) in [6.07, 6.45) is 1.65. The van der Waals surface area contributed by atoms with Gasteiger partial charge in [0.05, 0.1) is 11.3 Å². The highest BCUT2D eigenvalue weighted by Crippen LogP contribution is 2.33. The topological polar surface area (TPSA) is 48.7 Å². The molecule has 0 aliphatic carbocycles. The first-order chi connectivity index (χ1) is 8.22. The third-order valence-electron chi connectivity index (χ3n) is 2.13. The first kappa shape index (κ1) is 12.1. The number of nitrogens with zero attached hydrogens (tertiary/aromatic N) is 2. The summed E-state index contributed by atoms with van der Waals surface area (Å²) < 4.78 is 1.81. The summed E-state index contributed by atoms with van der Waals surface area (Å²) in [6.45, 7) is 0. The molecule has 1 aromatic carbocycles. The van der Waals surface area contributed by atoms with Crippen LogP contribution in [0.3, 0.4) is 0 Å². The third kappa shape index (κ3) is 2.65. The number of anilines is 2. The first-order valence-corrected chi connectivity index (χ1v) is 6.37. The maximum absolute atomic E-state index is 8.98. The van der Waals surface area contributed by atoms with Crippen molar-refractivity contribution in [2.75, 3.05) is 5.32 Å². The number of aromatic nitrogens is 1. The van der Waals surface area contributed by atoms with E-state index < -0.39 is 0 Å². The van der Waals surface area contributed by atoms with Gasteiger partial charge in [-0.2, -0.15) is 5.26 Å². The van der Waals surface area contributed by atoms with Crippen molar-refractivity contribution in [2.24, 2.45) is 0 Å². The standard InChI is InChI=1S/C12H7Br2N3/c13-9-4-1-5-10(14)11(9)17-12-8(7-15)3-2-6-16-12/h1-6H,(H,16,17). The number of pyridine rings is 1. The number of hydrogen-bond donors (Lipinski definition) is 1. The van der Waals surface area contributed by atoms with Crippen molar-refractivity contribution in [2.45, 2.75) is 0 Å². The number of benzene rings is 1. The van der Waals surface area contributed by atoms with Crippen LogP contribution in [0.1, 0.15) is 5.56 Å². The molecule has 5 heteroatoms. The van der Waals surface area contributed by atoms with Crippen molar-refractivity contribution >= 4 is 43.4 Å². The molecule has 0 aliphatic heterocycles. The van der Waals surface area contributed by atoms with Crippen molar-refractivity contribution < 1.29 is 0 Å². The Morgan fingerprint density at radius 3 is 2.47 bits per heavy atom. The Morgan fingerprint density at radius 1 is 1.12 bits per heavy atom. The maximum Gasteiger partial charge on any atom is 0.148 e. The molecule has 2 aromatic rings. The lowest BCUT2D eigenvalue weighted by atomic mass is 10.2. The zero-order chi connectivity index (χ0) is 12.3. The summed E-state index contributed by atoms with van der Waals surface area (Å²) in [5.74, 6) is 0.544. The quantitative estimate of drug-likeness (QED) is 0.880. The Labute approximate surface area is 116 Å². The van der Waals surface area contributed by atoms with E-state index in [-0.39, 0.29) is 0 Å². The van der Waals surface area contributed by atoms with Gasteiger partial charge in [-0.3, -0.25) is 0 Å². The van der Waals surface area contributed by atoms with Gasteiger partial charge in [0.1, 0.15) is 11.9 Å². The van der Waals surface area contributed by atoms with Crippen molar-refractivity contribution in [3.8, 4) is 6.07 Å². The van der Waals surface area contributed by atoms with Crippen LogP contribution in [-0.2, 0) is 0 Å². The summed E-state index contributed by atoms with van der Waals surface area (Å²) in [7, 11) is 0. The Morgan fingerprint density at radius 2 is 1.82 bits per heavy atom. The molecule has 3 nitrogen and oxygen atoms in total. The molecule has 0 saturated heterocycles. The largest absolute Gasteiger partial charge is 0.337 e. The average molecular weight is 353 g/mol. The minimum Gasteiger partial charge on any atom is -0.337 e. The van der Waals surface area contributed by atoms with E-state index in [0.29, 0.717) is 11.4 Å². The van der Waals surface area contributed by atoms with Gasteiger partial charge in [-0.15, -0.1) is 0 Å². The predicted octanol–water partition coefficient (Wildman–Crippen LogP) is 4.22. The molecule has 0 radical (unpaired) electrons. The Hall–Kier alpha value is -1.38. The van der Waals surface area contributed by atoms with Crippen LogP contribution >= 0.6 is 31.9 Å². The molecular formula is C12H7Br2N3. The van der Waals surface area contributed by atoms with Crippen LogP contribution in [0.5, 0.6) is 0 Å². The second-order valence-electron chi connectivity index (χ2n) is 3.23. The highest BCUT2D eigenvalue weighted by molar-refractivity contribution is 9.11. The molecule has 1 heterocycles. The molecule has 84 valence electrons. The Kier molecular flexibility index (Phi) is 3.77. The molecule has 0 unspecified atom stereocenters. The summed E-state index contributed by atoms with van der Waals surface area (Å²) in [6, 6.07) is 11.3. The van der Waals surface area contributed by atoms with E-state index >= 15 is 0 Å². The molecule has 0 saturated carbocycles. The number of rotatable bonds is 2. The molecule has 0 fully saturated rings. The van der Waals surface area contributed by atoms with Gasteiger partial charge in [-0.25, -0.2) is 4.98 Å². The number of halogens is 2. The number of para-hydroxylation sites is 1. The van der Waals surface area contributed by atoms with E-state index in [4.69, 9.17) is 5.26 Å². The van der Waals surface area contributed by atoms with Crippen molar-refractivity contribution in [1.82, 2.24) is 4.98 Å². The Balaban J connectivity index is 2.42. The van der Waals surface area contributed by atoms with Crippen molar-refractivity contribution in [1.29, 1.82) is 5.26 Å². The molecular weight excluding hydrogens is 346 g/mol. The highest BCUT2D eigenvalue weighted by Gasteiger charge is 2.08. The van der Waals surface area contributed by atoms with Gasteiger partial charge in [-0.05, 0) is 56.1 Å². The van der Waals surface area contributed by atoms with Gasteiger partial charge in [0, 0.05) is 15.1 Å². The van der Waals surface area contributed by atoms with Crippen LogP contribution in [0.25, 0.3) is 0 Å². The van der Waals surface area contributed by atoms with Crippen LogP contribution in [0, 0.1) is 11.3 Å². The molecule has 1 aromatic heterocycles. The van der Waals surface area contributed by atoms with Crippen LogP contribution in [0.4, 0.5) is 11.5 Å². The lowest BCUT2D eigenvalue weighted by Gasteiger charge is -2.10. The second-order valence-corrected chi connectivity index (χ2v) is 4.94. The molecule has 0 aliphatic rings. The SMILES string of the molecule is N#Cc1cccnc1Nc1c(Br)cccc1Br. The summed E-state index contributed by atoms with van der Waals surface area (Å²) in [4.78, 5) is 4.15. The van der Waals surface area contributed by atoms with Crippen molar-refractivity contribution in [3.63, 3.8) is 0 Å². The smallest absolute Gasteiger partial charge is 0.148 e. The predicted molar refractivity (Wildman–Crippen MR) is 74.1 cm³/mol. The zero-order valence-electron chi connectivity index (χ0n) is 8.61. The van der Waals surface area contributed by atoms with Gasteiger partial charge < -0.3 is 5.32 Å². The van der Waals surface area contributed by atoms with E-state index in [2.05, 4.69) is 48.2 Å². The van der Waals surface area contributed by atoms with Crippen LogP contribution < -0.4 is 5.32 Å². The number of hydrogen-bond acceptors (Lipinski definition) is 3. The van der Waals surface area contributed by atoms with E-state index in [1.54, 1.807) is 18.3 Å². The first-order valence-electron chi connectivity index (χ1n) is 4.78. The zero-order valence-corrected chi connectivity index (χ0v) is 11.8. The van der Waals surface area contributed by atoms with E-state index in [1.165, 1.54) is 0 Å². The lowest BCUT2D eigenvalue weighted by molar-refractivity contribution is 1.28. The molecule has 0 atom stereocenters. The molecule has 0 spiro atoms. The number of nitriles is 1. The van der Waals surface area contributed by atoms with Gasteiger partial charge in [-0.1, -0.05) is 6.07 Å². The highest BCUT2D eigenvalue weighted by atomic mass is 79.9. The van der Waals surface area contributed by atoms with Crippen LogP contribution in [0.15, 0.2) is 45.5 Å². The fourth-order valence-corrected chi connectivity index (χ4v) is 2.53. The Bertz CT molecular complexity index is 570. The molecule has 2 rings (SSSR count). The van der Waals surface area contributed by atoms with Crippen LogP contribution in [-0.4, -0.2) is 4.98 Å². The van der Waals surface area contributed by atoms with E-state index in [0.717, 1.165) is 14.6 Å². The molecule has 1 N–H and O–H groups in total. The summed E-state index contributed by atoms with van der Waals surface area (Å²) >= 11 is 6.90. The van der Waals surface area contributed by atoms with Gasteiger partial charge in [0.25, 0.3) is 0 Å². The van der Waals surface area contributed by atoms with Gasteiger partial charge in [0.15, 0.2) is 0 Å². The minimum absolute atomic E-state index is 0.509. The lowest BCUT2D eigenvalue weighted by Crippen LogP contribution is -1.97. The number of nitrogens with one attached hydrogen (secondary N) is 1. The van der Waals surface area contributed by atoms with Gasteiger partial charge >= 0.3 is 0 Å². The minimum atomic E-state index is 0.509. The second kappa shape index (κ2) is 5.30. The van der Waals surface area contributed by atoms with E-state index in [9.17, 15) is 0 Å². The molecule has 0 amide bonds. The van der Waals surface area contributed by atoms with Gasteiger partial charge in [0.2, 0.25) is 0 Å². The maximum atomic E-state index is 8.98. The molecule has 17 heavy (non-hydrogen) atoms. The third-order valence-corrected chi connectivity index (χ3v) is 3.46. The average Bonchev–Trinajstić information content (AvgIpc) is 2.34. The summed E-state index contributed by atoms with van der Waals surface area (Å²) in [5, 5.41) is 12.1.